The maximum atomic E-state index is 12.6. The van der Waals surface area contributed by atoms with Crippen LogP contribution in [0.5, 0.6) is 0 Å². The molecule has 0 bridgehead atoms. The average Bonchev–Trinajstić information content (AvgIpc) is 2.30. The minimum absolute atomic E-state index is 0.428. The van der Waals surface area contributed by atoms with Gasteiger partial charge in [-0.05, 0) is 24.3 Å². The summed E-state index contributed by atoms with van der Waals surface area (Å²) in [5, 5.41) is 0. The molecule has 2 N–H and O–H groups in total. The standard InChI is InChI=1S/C11H9F2N3/c12-7-1-3-9(15-5-7)11(14)10-4-2-8(13)6-16-10/h1-6,11H,14H2. The lowest BCUT2D eigenvalue weighted by Gasteiger charge is -2.09. The van der Waals surface area contributed by atoms with Crippen molar-refractivity contribution in [3.63, 3.8) is 0 Å². The van der Waals surface area contributed by atoms with Crippen molar-refractivity contribution >= 4 is 0 Å². The number of aromatic nitrogens is 2. The lowest BCUT2D eigenvalue weighted by atomic mass is 10.1. The Labute approximate surface area is 91.0 Å². The van der Waals surface area contributed by atoms with E-state index in [9.17, 15) is 8.78 Å². The van der Waals surface area contributed by atoms with Gasteiger partial charge in [0, 0.05) is 0 Å². The zero-order valence-electron chi connectivity index (χ0n) is 8.27. The Morgan fingerprint density at radius 2 is 1.31 bits per heavy atom. The Balaban J connectivity index is 2.28. The highest BCUT2D eigenvalue weighted by Gasteiger charge is 2.11. The zero-order valence-corrected chi connectivity index (χ0v) is 8.27. The van der Waals surface area contributed by atoms with Gasteiger partial charge < -0.3 is 5.73 Å². The van der Waals surface area contributed by atoms with Crippen LogP contribution in [0.1, 0.15) is 17.4 Å². The van der Waals surface area contributed by atoms with Gasteiger partial charge in [-0.1, -0.05) is 0 Å². The Kier molecular flexibility index (Phi) is 2.87. The topological polar surface area (TPSA) is 51.8 Å². The fraction of sp³-hybridized carbons (Fsp3) is 0.0909. The quantitative estimate of drug-likeness (QED) is 0.841. The molecule has 16 heavy (non-hydrogen) atoms. The molecule has 0 aliphatic heterocycles. The lowest BCUT2D eigenvalue weighted by Crippen LogP contribution is -2.15. The molecule has 0 aliphatic carbocycles. The predicted octanol–water partition coefficient (Wildman–Crippen LogP) is 1.80. The molecule has 2 aromatic heterocycles. The van der Waals surface area contributed by atoms with Crippen LogP contribution in [-0.2, 0) is 0 Å². The van der Waals surface area contributed by atoms with E-state index in [1.807, 2.05) is 0 Å². The molecule has 0 spiro atoms. The molecule has 0 atom stereocenters. The van der Waals surface area contributed by atoms with E-state index in [4.69, 9.17) is 5.73 Å². The summed E-state index contributed by atoms with van der Waals surface area (Å²) in [6.07, 6.45) is 2.16. The third-order valence-corrected chi connectivity index (χ3v) is 2.14. The van der Waals surface area contributed by atoms with Crippen molar-refractivity contribution in [1.82, 2.24) is 9.97 Å². The summed E-state index contributed by atoms with van der Waals surface area (Å²) >= 11 is 0. The molecule has 0 saturated carbocycles. The van der Waals surface area contributed by atoms with E-state index in [0.717, 1.165) is 12.4 Å². The van der Waals surface area contributed by atoms with E-state index in [1.54, 1.807) is 0 Å². The van der Waals surface area contributed by atoms with Crippen LogP contribution in [0.25, 0.3) is 0 Å². The first-order chi connectivity index (χ1) is 7.66. The Morgan fingerprint density at radius 3 is 1.62 bits per heavy atom. The maximum absolute atomic E-state index is 12.6. The molecule has 3 nitrogen and oxygen atoms in total. The normalized spacial score (nSPS) is 10.8. The predicted molar refractivity (Wildman–Crippen MR) is 54.4 cm³/mol. The van der Waals surface area contributed by atoms with Gasteiger partial charge in [0.15, 0.2) is 0 Å². The van der Waals surface area contributed by atoms with E-state index in [0.29, 0.717) is 11.4 Å². The van der Waals surface area contributed by atoms with Gasteiger partial charge >= 0.3 is 0 Å². The number of pyridine rings is 2. The van der Waals surface area contributed by atoms with Gasteiger partial charge in [-0.3, -0.25) is 9.97 Å². The fourth-order valence-electron chi connectivity index (χ4n) is 1.29. The molecular formula is C11H9F2N3. The fourth-order valence-corrected chi connectivity index (χ4v) is 1.29. The molecule has 0 fully saturated rings. The average molecular weight is 221 g/mol. The summed E-state index contributed by atoms with van der Waals surface area (Å²) in [4.78, 5) is 7.69. The van der Waals surface area contributed by atoms with Gasteiger partial charge in [0.2, 0.25) is 0 Å². The highest BCUT2D eigenvalue weighted by Crippen LogP contribution is 2.15. The van der Waals surface area contributed by atoms with E-state index in [-0.39, 0.29) is 0 Å². The minimum atomic E-state index is -0.582. The third kappa shape index (κ3) is 2.20. The summed E-state index contributed by atoms with van der Waals surface area (Å²) in [6, 6.07) is 4.91. The van der Waals surface area contributed by atoms with Crippen LogP contribution in [0.3, 0.4) is 0 Å². The summed E-state index contributed by atoms with van der Waals surface area (Å²) in [6.45, 7) is 0. The van der Waals surface area contributed by atoms with Gasteiger partial charge in [0.25, 0.3) is 0 Å². The lowest BCUT2D eigenvalue weighted by molar-refractivity contribution is 0.612. The van der Waals surface area contributed by atoms with Crippen LogP contribution < -0.4 is 5.73 Å². The third-order valence-electron chi connectivity index (χ3n) is 2.14. The summed E-state index contributed by atoms with van der Waals surface area (Å²) in [7, 11) is 0. The van der Waals surface area contributed by atoms with Crippen molar-refractivity contribution in [3.05, 3.63) is 59.7 Å². The largest absolute Gasteiger partial charge is 0.318 e. The molecule has 0 aromatic carbocycles. The minimum Gasteiger partial charge on any atom is -0.318 e. The molecule has 0 unspecified atom stereocenters. The molecule has 0 radical (unpaired) electrons. The van der Waals surface area contributed by atoms with Crippen molar-refractivity contribution in [2.75, 3.05) is 0 Å². The highest BCUT2D eigenvalue weighted by atomic mass is 19.1. The Bertz CT molecular complexity index is 422. The Morgan fingerprint density at radius 1 is 0.875 bits per heavy atom. The number of halogens is 2. The molecule has 0 aliphatic rings. The zero-order chi connectivity index (χ0) is 11.5. The van der Waals surface area contributed by atoms with Crippen LogP contribution in [0.15, 0.2) is 36.7 Å². The molecule has 0 amide bonds. The van der Waals surface area contributed by atoms with Gasteiger partial charge in [-0.2, -0.15) is 0 Å². The van der Waals surface area contributed by atoms with Crippen molar-refractivity contribution in [1.29, 1.82) is 0 Å². The van der Waals surface area contributed by atoms with Crippen molar-refractivity contribution in [2.45, 2.75) is 6.04 Å². The monoisotopic (exact) mass is 221 g/mol. The van der Waals surface area contributed by atoms with Crippen LogP contribution in [0, 0.1) is 11.6 Å². The summed E-state index contributed by atoms with van der Waals surface area (Å²) in [5.74, 6) is -0.856. The van der Waals surface area contributed by atoms with E-state index < -0.39 is 17.7 Å². The van der Waals surface area contributed by atoms with E-state index in [2.05, 4.69) is 9.97 Å². The van der Waals surface area contributed by atoms with Crippen molar-refractivity contribution in [2.24, 2.45) is 5.73 Å². The number of rotatable bonds is 2. The summed E-state index contributed by atoms with van der Waals surface area (Å²) in [5.41, 5.74) is 6.82. The van der Waals surface area contributed by atoms with Crippen LogP contribution in [-0.4, -0.2) is 9.97 Å². The summed E-state index contributed by atoms with van der Waals surface area (Å²) < 4.78 is 25.3. The van der Waals surface area contributed by atoms with Crippen molar-refractivity contribution in [3.8, 4) is 0 Å². The molecule has 82 valence electrons. The van der Waals surface area contributed by atoms with Crippen LogP contribution in [0.4, 0.5) is 8.78 Å². The first-order valence-electron chi connectivity index (χ1n) is 4.65. The van der Waals surface area contributed by atoms with Crippen LogP contribution in [0.2, 0.25) is 0 Å². The number of nitrogens with zero attached hydrogens (tertiary/aromatic N) is 2. The van der Waals surface area contributed by atoms with Gasteiger partial charge in [-0.15, -0.1) is 0 Å². The maximum Gasteiger partial charge on any atom is 0.141 e. The number of nitrogens with two attached hydrogens (primary N) is 1. The molecule has 2 aromatic rings. The van der Waals surface area contributed by atoms with Gasteiger partial charge in [0.1, 0.15) is 11.6 Å². The van der Waals surface area contributed by atoms with Gasteiger partial charge in [-0.25, -0.2) is 8.78 Å². The SMILES string of the molecule is NC(c1ccc(F)cn1)c1ccc(F)cn1. The van der Waals surface area contributed by atoms with Crippen LogP contribution >= 0.6 is 0 Å². The molecule has 5 heteroatoms. The second kappa shape index (κ2) is 4.32. The molecule has 2 rings (SSSR count). The van der Waals surface area contributed by atoms with Gasteiger partial charge in [0.05, 0.1) is 29.8 Å². The highest BCUT2D eigenvalue weighted by molar-refractivity contribution is 5.21. The molecular weight excluding hydrogens is 212 g/mol. The molecule has 2 heterocycles. The van der Waals surface area contributed by atoms with Crippen molar-refractivity contribution < 1.29 is 8.78 Å². The first kappa shape index (κ1) is 10.6. The first-order valence-corrected chi connectivity index (χ1v) is 4.65. The number of hydrogen-bond donors (Lipinski definition) is 1. The smallest absolute Gasteiger partial charge is 0.141 e. The Hall–Kier alpha value is -1.88. The van der Waals surface area contributed by atoms with E-state index in [1.165, 1.54) is 24.3 Å². The molecule has 0 saturated heterocycles. The van der Waals surface area contributed by atoms with E-state index >= 15 is 0 Å². The second-order valence-corrected chi connectivity index (χ2v) is 3.28. The second-order valence-electron chi connectivity index (χ2n) is 3.28. The number of hydrogen-bond acceptors (Lipinski definition) is 3.